The lowest BCUT2D eigenvalue weighted by atomic mass is 10.1. The number of nitrogens with one attached hydrogen (secondary N) is 2. The zero-order valence-electron chi connectivity index (χ0n) is 12.8. The molecule has 0 amide bonds. The zero-order valence-corrected chi connectivity index (χ0v) is 12.8. The molecule has 0 aromatic heterocycles. The third-order valence-electron chi connectivity index (χ3n) is 3.94. The fourth-order valence-electron chi connectivity index (χ4n) is 2.37. The minimum Gasteiger partial charge on any atom is -0.506 e. The number of benzene rings is 2. The van der Waals surface area contributed by atoms with Crippen LogP contribution in [0.1, 0.15) is 11.1 Å². The molecule has 0 atom stereocenters. The van der Waals surface area contributed by atoms with E-state index >= 15 is 0 Å². The van der Waals surface area contributed by atoms with Gasteiger partial charge in [-0.3, -0.25) is 9.59 Å². The van der Waals surface area contributed by atoms with Crippen molar-refractivity contribution in [3.8, 4) is 5.75 Å². The van der Waals surface area contributed by atoms with Crippen molar-refractivity contribution >= 4 is 22.7 Å². The Kier molecular flexibility index (Phi) is 3.62. The second-order valence-corrected chi connectivity index (χ2v) is 5.42. The smallest absolute Gasteiger partial charge is 0.253 e. The molecule has 0 spiro atoms. The molecule has 0 bridgehead atoms. The molecule has 5 nitrogen and oxygen atoms in total. The number of aryl methyl sites for hydroxylation is 1. The Balaban J connectivity index is 1.95. The largest absolute Gasteiger partial charge is 0.506 e. The summed E-state index contributed by atoms with van der Waals surface area (Å²) in [6.07, 6.45) is 0. The Morgan fingerprint density at radius 3 is 2.00 bits per heavy atom. The first-order valence-corrected chi connectivity index (χ1v) is 7.20. The van der Waals surface area contributed by atoms with Crippen LogP contribution in [0.4, 0.5) is 22.7 Å². The first kappa shape index (κ1) is 14.8. The van der Waals surface area contributed by atoms with Crippen LogP contribution in [0.3, 0.4) is 0 Å². The highest BCUT2D eigenvalue weighted by atomic mass is 16.3. The molecule has 3 aromatic carbocycles. The average Bonchev–Trinajstić information content (AvgIpc) is 2.55. The SMILES string of the molecule is Cc1cccc(Nc2c(Nc3ccccc3O)c(=O)c2=O)c1C. The first-order valence-electron chi connectivity index (χ1n) is 7.20. The van der Waals surface area contributed by atoms with Crippen LogP contribution in [0.2, 0.25) is 0 Å². The Morgan fingerprint density at radius 2 is 1.35 bits per heavy atom. The van der Waals surface area contributed by atoms with Gasteiger partial charge in [0.1, 0.15) is 17.1 Å². The molecule has 0 unspecified atom stereocenters. The lowest BCUT2D eigenvalue weighted by Gasteiger charge is -2.17. The van der Waals surface area contributed by atoms with Crippen LogP contribution in [0.5, 0.6) is 5.75 Å². The monoisotopic (exact) mass is 308 g/mol. The van der Waals surface area contributed by atoms with Gasteiger partial charge < -0.3 is 15.7 Å². The number of phenols is 1. The molecular formula is C18H16N2O3. The van der Waals surface area contributed by atoms with Gasteiger partial charge in [0.2, 0.25) is 0 Å². The second-order valence-electron chi connectivity index (χ2n) is 5.42. The summed E-state index contributed by atoms with van der Waals surface area (Å²) in [6, 6.07) is 12.3. The van der Waals surface area contributed by atoms with Gasteiger partial charge in [0.25, 0.3) is 10.9 Å². The molecule has 0 saturated carbocycles. The van der Waals surface area contributed by atoms with Crippen LogP contribution >= 0.6 is 0 Å². The van der Waals surface area contributed by atoms with Gasteiger partial charge >= 0.3 is 0 Å². The third kappa shape index (κ3) is 2.57. The van der Waals surface area contributed by atoms with Gasteiger partial charge in [0.05, 0.1) is 5.69 Å². The highest BCUT2D eigenvalue weighted by molar-refractivity contribution is 5.84. The molecule has 0 fully saturated rings. The van der Waals surface area contributed by atoms with E-state index in [9.17, 15) is 14.7 Å². The van der Waals surface area contributed by atoms with Crippen LogP contribution in [0.25, 0.3) is 0 Å². The molecule has 0 heterocycles. The van der Waals surface area contributed by atoms with Crippen LogP contribution in [-0.4, -0.2) is 5.11 Å². The quantitative estimate of drug-likeness (QED) is 0.510. The molecule has 0 aliphatic rings. The number of para-hydroxylation sites is 2. The second kappa shape index (κ2) is 5.61. The van der Waals surface area contributed by atoms with E-state index in [2.05, 4.69) is 10.6 Å². The predicted octanol–water partition coefficient (Wildman–Crippen LogP) is 3.09. The first-order chi connectivity index (χ1) is 11.0. The molecule has 0 aliphatic carbocycles. The fraction of sp³-hybridized carbons (Fsp3) is 0.111. The standard InChI is InChI=1S/C18H16N2O3/c1-10-6-5-8-12(11(10)2)19-15-16(18(23)17(15)22)20-13-7-3-4-9-14(13)21/h3-9,19-21H,1-2H3. The van der Waals surface area contributed by atoms with E-state index in [1.165, 1.54) is 6.07 Å². The van der Waals surface area contributed by atoms with Gasteiger partial charge in [-0.1, -0.05) is 24.3 Å². The topological polar surface area (TPSA) is 78.4 Å². The number of rotatable bonds is 4. The molecule has 3 aromatic rings. The maximum atomic E-state index is 11.9. The van der Waals surface area contributed by atoms with E-state index in [4.69, 9.17) is 0 Å². The molecule has 3 rings (SSSR count). The van der Waals surface area contributed by atoms with Crippen molar-refractivity contribution in [2.75, 3.05) is 10.6 Å². The molecule has 116 valence electrons. The van der Waals surface area contributed by atoms with Gasteiger partial charge in [-0.05, 0) is 43.2 Å². The molecule has 0 saturated heterocycles. The van der Waals surface area contributed by atoms with Gasteiger partial charge in [-0.25, -0.2) is 0 Å². The van der Waals surface area contributed by atoms with Gasteiger partial charge in [-0.2, -0.15) is 0 Å². The van der Waals surface area contributed by atoms with E-state index in [1.807, 2.05) is 32.0 Å². The van der Waals surface area contributed by atoms with Crippen LogP contribution in [0, 0.1) is 13.8 Å². The number of anilines is 4. The third-order valence-corrected chi connectivity index (χ3v) is 3.94. The number of phenolic OH excluding ortho intramolecular Hbond substituents is 1. The van der Waals surface area contributed by atoms with E-state index in [0.717, 1.165) is 16.8 Å². The average molecular weight is 308 g/mol. The summed E-state index contributed by atoms with van der Waals surface area (Å²) in [7, 11) is 0. The summed E-state index contributed by atoms with van der Waals surface area (Å²) >= 11 is 0. The summed E-state index contributed by atoms with van der Waals surface area (Å²) in [5.74, 6) is 0.0123. The van der Waals surface area contributed by atoms with Gasteiger partial charge in [0.15, 0.2) is 0 Å². The van der Waals surface area contributed by atoms with Crippen molar-refractivity contribution in [1.82, 2.24) is 0 Å². The van der Waals surface area contributed by atoms with Crippen molar-refractivity contribution in [1.29, 1.82) is 0 Å². The minimum atomic E-state index is -0.596. The maximum absolute atomic E-state index is 11.9. The molecule has 0 aliphatic heterocycles. The van der Waals surface area contributed by atoms with E-state index in [-0.39, 0.29) is 17.1 Å². The summed E-state index contributed by atoms with van der Waals surface area (Å²) in [5.41, 5.74) is 2.47. The van der Waals surface area contributed by atoms with E-state index in [1.54, 1.807) is 18.2 Å². The maximum Gasteiger partial charge on any atom is 0.253 e. The van der Waals surface area contributed by atoms with Crippen molar-refractivity contribution < 1.29 is 5.11 Å². The highest BCUT2D eigenvalue weighted by Crippen LogP contribution is 2.30. The Labute approximate surface area is 132 Å². The summed E-state index contributed by atoms with van der Waals surface area (Å²) < 4.78 is 0. The van der Waals surface area contributed by atoms with Gasteiger partial charge in [-0.15, -0.1) is 0 Å². The Hall–Kier alpha value is -3.08. The summed E-state index contributed by atoms with van der Waals surface area (Å²) in [6.45, 7) is 3.92. The van der Waals surface area contributed by atoms with Crippen LogP contribution in [-0.2, 0) is 0 Å². The van der Waals surface area contributed by atoms with Crippen molar-refractivity contribution in [3.05, 3.63) is 74.0 Å². The zero-order chi connectivity index (χ0) is 16.6. The molecule has 0 radical (unpaired) electrons. The Bertz CT molecular complexity index is 953. The summed E-state index contributed by atoms with van der Waals surface area (Å²) in [5, 5.41) is 15.6. The lowest BCUT2D eigenvalue weighted by Crippen LogP contribution is -2.35. The predicted molar refractivity (Wildman–Crippen MR) is 91.9 cm³/mol. The normalized spacial score (nSPS) is 10.7. The number of hydrogen-bond donors (Lipinski definition) is 3. The van der Waals surface area contributed by atoms with Crippen LogP contribution < -0.4 is 21.5 Å². The number of aromatic hydroxyl groups is 1. The molecule has 3 N–H and O–H groups in total. The van der Waals surface area contributed by atoms with Crippen molar-refractivity contribution in [2.24, 2.45) is 0 Å². The van der Waals surface area contributed by atoms with E-state index in [0.29, 0.717) is 5.69 Å². The highest BCUT2D eigenvalue weighted by Gasteiger charge is 2.22. The lowest BCUT2D eigenvalue weighted by molar-refractivity contribution is 0.478. The van der Waals surface area contributed by atoms with Crippen LogP contribution in [0.15, 0.2) is 52.1 Å². The molecule has 23 heavy (non-hydrogen) atoms. The minimum absolute atomic E-state index is 0.0123. The number of hydrogen-bond acceptors (Lipinski definition) is 5. The van der Waals surface area contributed by atoms with Crippen molar-refractivity contribution in [2.45, 2.75) is 13.8 Å². The van der Waals surface area contributed by atoms with E-state index < -0.39 is 10.9 Å². The molecular weight excluding hydrogens is 292 g/mol. The van der Waals surface area contributed by atoms with Crippen molar-refractivity contribution in [3.63, 3.8) is 0 Å². The summed E-state index contributed by atoms with van der Waals surface area (Å²) in [4.78, 5) is 23.7. The fourth-order valence-corrected chi connectivity index (χ4v) is 2.37. The van der Waals surface area contributed by atoms with Gasteiger partial charge in [0, 0.05) is 5.69 Å². The Morgan fingerprint density at radius 1 is 0.783 bits per heavy atom. The molecule has 5 heteroatoms.